The third-order valence-electron chi connectivity index (χ3n) is 3.02. The second kappa shape index (κ2) is 4.86. The number of rotatable bonds is 3. The molecule has 98 valence electrons. The molecule has 0 amide bonds. The van der Waals surface area contributed by atoms with Gasteiger partial charge in [-0.3, -0.25) is 0 Å². The minimum absolute atomic E-state index is 0.280. The molecule has 0 unspecified atom stereocenters. The van der Waals surface area contributed by atoms with Crippen molar-refractivity contribution in [2.45, 2.75) is 0 Å². The summed E-state index contributed by atoms with van der Waals surface area (Å²) in [6.45, 7) is 0.280. The van der Waals surface area contributed by atoms with Gasteiger partial charge in [0.05, 0.1) is 12.4 Å². The molecule has 6 nitrogen and oxygen atoms in total. The number of hydrogen-bond donors (Lipinski definition) is 3. The molecule has 0 spiro atoms. The molecule has 7 heteroatoms. The Morgan fingerprint density at radius 3 is 2.85 bits per heavy atom. The predicted octanol–water partition coefficient (Wildman–Crippen LogP) is 0.100. The minimum atomic E-state index is 0.280. The Morgan fingerprint density at radius 2 is 2.10 bits per heavy atom. The van der Waals surface area contributed by atoms with Gasteiger partial charge in [0.25, 0.3) is 0 Å². The Hall–Kier alpha value is -2.54. The summed E-state index contributed by atoms with van der Waals surface area (Å²) in [4.78, 5) is 4.52. The highest BCUT2D eigenvalue weighted by molar-refractivity contribution is 6.36. The average molecular weight is 264 g/mol. The zero-order valence-electron chi connectivity index (χ0n) is 10.7. The predicted molar refractivity (Wildman–Crippen MR) is 80.9 cm³/mol. The Bertz CT molecular complexity index is 767. The van der Waals surface area contributed by atoms with Crippen molar-refractivity contribution in [2.75, 3.05) is 17.7 Å². The SMILES string of the molecule is [B]c1cnn2c(NCN)cc(-c3ccccc3N)nc12. The number of hydrogen-bond acceptors (Lipinski definition) is 5. The zero-order chi connectivity index (χ0) is 14.1. The molecule has 0 saturated carbocycles. The fourth-order valence-corrected chi connectivity index (χ4v) is 2.08. The molecule has 2 aromatic heterocycles. The Kier molecular flexibility index (Phi) is 3.04. The van der Waals surface area contributed by atoms with Crippen LogP contribution in [0.25, 0.3) is 16.9 Å². The van der Waals surface area contributed by atoms with Crippen LogP contribution in [0.5, 0.6) is 0 Å². The molecule has 1 aromatic carbocycles. The molecule has 3 rings (SSSR count). The van der Waals surface area contributed by atoms with Gasteiger partial charge in [-0.05, 0) is 11.5 Å². The van der Waals surface area contributed by atoms with Crippen molar-refractivity contribution in [3.63, 3.8) is 0 Å². The number of aromatic nitrogens is 3. The fourth-order valence-electron chi connectivity index (χ4n) is 2.08. The van der Waals surface area contributed by atoms with Gasteiger partial charge in [-0.15, -0.1) is 0 Å². The molecular formula is C13H13BN6. The van der Waals surface area contributed by atoms with Crippen molar-refractivity contribution in [3.8, 4) is 11.3 Å². The number of para-hydroxylation sites is 1. The smallest absolute Gasteiger partial charge is 0.150 e. The minimum Gasteiger partial charge on any atom is -0.398 e. The van der Waals surface area contributed by atoms with Crippen molar-refractivity contribution in [2.24, 2.45) is 5.73 Å². The monoisotopic (exact) mass is 264 g/mol. The quantitative estimate of drug-likeness (QED) is 0.354. The number of nitrogens with zero attached hydrogens (tertiary/aromatic N) is 3. The van der Waals surface area contributed by atoms with E-state index in [1.54, 1.807) is 10.7 Å². The summed E-state index contributed by atoms with van der Waals surface area (Å²) in [5, 5.41) is 7.21. The fraction of sp³-hybridized carbons (Fsp3) is 0.0769. The third kappa shape index (κ3) is 1.98. The molecule has 0 atom stereocenters. The molecule has 5 N–H and O–H groups in total. The molecule has 2 radical (unpaired) electrons. The van der Waals surface area contributed by atoms with E-state index < -0.39 is 0 Å². The normalized spacial score (nSPS) is 10.8. The topological polar surface area (TPSA) is 94.3 Å². The summed E-state index contributed by atoms with van der Waals surface area (Å²) in [5.41, 5.74) is 14.8. The number of nitrogens with one attached hydrogen (secondary N) is 1. The van der Waals surface area contributed by atoms with Crippen molar-refractivity contribution in [1.82, 2.24) is 14.6 Å². The van der Waals surface area contributed by atoms with E-state index in [4.69, 9.17) is 19.3 Å². The molecule has 0 aliphatic rings. The number of nitrogen functional groups attached to an aromatic ring is 1. The molecule has 2 heterocycles. The van der Waals surface area contributed by atoms with Gasteiger partial charge >= 0.3 is 0 Å². The highest BCUT2D eigenvalue weighted by Crippen LogP contribution is 2.26. The molecule has 0 bridgehead atoms. The van der Waals surface area contributed by atoms with Crippen molar-refractivity contribution in [1.29, 1.82) is 0 Å². The molecule has 20 heavy (non-hydrogen) atoms. The molecular weight excluding hydrogens is 251 g/mol. The summed E-state index contributed by atoms with van der Waals surface area (Å²) >= 11 is 0. The molecule has 0 aliphatic heterocycles. The van der Waals surface area contributed by atoms with Crippen LogP contribution in [0.15, 0.2) is 36.5 Å². The zero-order valence-corrected chi connectivity index (χ0v) is 10.7. The average Bonchev–Trinajstić information content (AvgIpc) is 2.82. The van der Waals surface area contributed by atoms with Crippen LogP contribution in [0, 0.1) is 0 Å². The molecule has 0 aliphatic carbocycles. The summed E-state index contributed by atoms with van der Waals surface area (Å²) in [7, 11) is 5.89. The first kappa shape index (κ1) is 12.5. The Labute approximate surface area is 117 Å². The second-order valence-corrected chi connectivity index (χ2v) is 4.33. The van der Waals surface area contributed by atoms with Gasteiger partial charge in [0, 0.05) is 23.5 Å². The van der Waals surface area contributed by atoms with E-state index in [1.165, 1.54) is 0 Å². The van der Waals surface area contributed by atoms with Gasteiger partial charge in [-0.1, -0.05) is 18.2 Å². The lowest BCUT2D eigenvalue weighted by atomic mass is 10.0. The van der Waals surface area contributed by atoms with Gasteiger partial charge in [0.15, 0.2) is 5.65 Å². The van der Waals surface area contributed by atoms with E-state index in [9.17, 15) is 0 Å². The lowest BCUT2D eigenvalue weighted by Crippen LogP contribution is -2.15. The van der Waals surface area contributed by atoms with Crippen LogP contribution in [0.4, 0.5) is 11.5 Å². The van der Waals surface area contributed by atoms with Crippen molar-refractivity contribution in [3.05, 3.63) is 36.5 Å². The van der Waals surface area contributed by atoms with Crippen LogP contribution < -0.4 is 22.2 Å². The van der Waals surface area contributed by atoms with Crippen LogP contribution in [0.2, 0.25) is 0 Å². The van der Waals surface area contributed by atoms with Crippen LogP contribution in [0.1, 0.15) is 0 Å². The first-order valence-corrected chi connectivity index (χ1v) is 6.14. The number of benzene rings is 1. The standard InChI is InChI=1S/C13H13BN6/c14-9-6-18-20-12(17-7-15)5-11(19-13(9)20)8-3-1-2-4-10(8)16/h1-6,17H,7,15-16H2. The number of nitrogens with two attached hydrogens (primary N) is 2. The van der Waals surface area contributed by atoms with Gasteiger partial charge in [-0.25, -0.2) is 4.98 Å². The van der Waals surface area contributed by atoms with Gasteiger partial charge < -0.3 is 16.8 Å². The van der Waals surface area contributed by atoms with E-state index in [0.717, 1.165) is 11.3 Å². The van der Waals surface area contributed by atoms with Crippen molar-refractivity contribution >= 4 is 30.5 Å². The van der Waals surface area contributed by atoms with Crippen LogP contribution in [-0.2, 0) is 0 Å². The van der Waals surface area contributed by atoms with Crippen LogP contribution in [0.3, 0.4) is 0 Å². The summed E-state index contributed by atoms with van der Waals surface area (Å²) in [6.07, 6.45) is 1.56. The van der Waals surface area contributed by atoms with Crippen LogP contribution >= 0.6 is 0 Å². The second-order valence-electron chi connectivity index (χ2n) is 4.33. The molecule has 0 fully saturated rings. The Balaban J connectivity index is 2.26. The van der Waals surface area contributed by atoms with E-state index in [1.807, 2.05) is 30.3 Å². The van der Waals surface area contributed by atoms with Crippen molar-refractivity contribution < 1.29 is 0 Å². The van der Waals surface area contributed by atoms with E-state index in [0.29, 0.717) is 22.6 Å². The van der Waals surface area contributed by atoms with Gasteiger partial charge in [0.1, 0.15) is 13.7 Å². The van der Waals surface area contributed by atoms with Gasteiger partial charge in [-0.2, -0.15) is 9.61 Å². The molecule has 3 aromatic rings. The number of fused-ring (bicyclic) bond motifs is 1. The van der Waals surface area contributed by atoms with Gasteiger partial charge in [0.2, 0.25) is 0 Å². The third-order valence-corrected chi connectivity index (χ3v) is 3.02. The maximum Gasteiger partial charge on any atom is 0.150 e. The first-order chi connectivity index (χ1) is 9.70. The highest BCUT2D eigenvalue weighted by Gasteiger charge is 2.11. The summed E-state index contributed by atoms with van der Waals surface area (Å²) in [6, 6.07) is 9.37. The molecule has 0 saturated heterocycles. The highest BCUT2D eigenvalue weighted by atomic mass is 15.3. The number of anilines is 2. The Morgan fingerprint density at radius 1 is 1.30 bits per heavy atom. The van der Waals surface area contributed by atoms with E-state index in [2.05, 4.69) is 15.4 Å². The largest absolute Gasteiger partial charge is 0.398 e. The summed E-state index contributed by atoms with van der Waals surface area (Å²) < 4.78 is 1.62. The van der Waals surface area contributed by atoms with E-state index in [-0.39, 0.29) is 6.67 Å². The maximum atomic E-state index is 6.00. The summed E-state index contributed by atoms with van der Waals surface area (Å²) in [5.74, 6) is 0.715. The maximum absolute atomic E-state index is 6.00. The van der Waals surface area contributed by atoms with E-state index >= 15 is 0 Å². The first-order valence-electron chi connectivity index (χ1n) is 6.14. The lowest BCUT2D eigenvalue weighted by molar-refractivity contribution is 0.928. The lowest BCUT2D eigenvalue weighted by Gasteiger charge is -2.10. The van der Waals surface area contributed by atoms with Crippen LogP contribution in [-0.4, -0.2) is 29.1 Å².